The number of hydrogen-bond acceptors (Lipinski definition) is 5. The van der Waals surface area contributed by atoms with E-state index in [2.05, 4.69) is 36.6 Å². The van der Waals surface area contributed by atoms with Crippen LogP contribution in [0, 0.1) is 0 Å². The van der Waals surface area contributed by atoms with Crippen LogP contribution in [0.15, 0.2) is 48.8 Å². The molecule has 8 heteroatoms. The summed E-state index contributed by atoms with van der Waals surface area (Å²) in [6.45, 7) is 3.80. The highest BCUT2D eigenvalue weighted by Gasteiger charge is 2.28. The van der Waals surface area contributed by atoms with Gasteiger partial charge in [0.15, 0.2) is 5.82 Å². The van der Waals surface area contributed by atoms with Gasteiger partial charge >= 0.3 is 0 Å². The summed E-state index contributed by atoms with van der Waals surface area (Å²) in [6.07, 6.45) is 6.21. The Morgan fingerprint density at radius 1 is 1.19 bits per heavy atom. The van der Waals surface area contributed by atoms with Crippen molar-refractivity contribution in [2.45, 2.75) is 38.6 Å². The quantitative estimate of drug-likeness (QED) is 0.540. The fourth-order valence-corrected chi connectivity index (χ4v) is 4.31. The summed E-state index contributed by atoms with van der Waals surface area (Å²) in [4.78, 5) is 28.7. The van der Waals surface area contributed by atoms with Crippen LogP contribution in [-0.2, 0) is 17.8 Å². The molecular weight excluding hydrogens is 390 g/mol. The molecule has 1 amide bonds. The van der Waals surface area contributed by atoms with Gasteiger partial charge in [0.2, 0.25) is 5.91 Å². The van der Waals surface area contributed by atoms with Crippen molar-refractivity contribution >= 4 is 16.9 Å². The van der Waals surface area contributed by atoms with Crippen LogP contribution >= 0.6 is 0 Å². The van der Waals surface area contributed by atoms with E-state index in [1.807, 2.05) is 41.3 Å². The molecule has 0 saturated carbocycles. The van der Waals surface area contributed by atoms with Crippen molar-refractivity contribution in [3.8, 4) is 11.4 Å². The zero-order chi connectivity index (χ0) is 21.2. The number of H-pyrrole nitrogens is 1. The minimum absolute atomic E-state index is 0.120. The van der Waals surface area contributed by atoms with E-state index in [1.165, 1.54) is 0 Å². The number of imidazole rings is 1. The number of carbonyl (C=O) groups is 1. The van der Waals surface area contributed by atoms with Gasteiger partial charge in [0.25, 0.3) is 0 Å². The highest BCUT2D eigenvalue weighted by atomic mass is 16.2. The van der Waals surface area contributed by atoms with E-state index in [0.717, 1.165) is 54.1 Å². The van der Waals surface area contributed by atoms with Gasteiger partial charge in [0.1, 0.15) is 18.2 Å². The summed E-state index contributed by atoms with van der Waals surface area (Å²) in [5, 5.41) is 7.44. The van der Waals surface area contributed by atoms with Crippen molar-refractivity contribution in [1.82, 2.24) is 34.6 Å². The maximum atomic E-state index is 13.2. The lowest BCUT2D eigenvalue weighted by Crippen LogP contribution is -2.41. The van der Waals surface area contributed by atoms with Gasteiger partial charge in [-0.3, -0.25) is 14.9 Å². The number of rotatable bonds is 5. The third kappa shape index (κ3) is 3.81. The molecule has 158 valence electrons. The second-order valence-electron chi connectivity index (χ2n) is 7.92. The minimum atomic E-state index is 0.120. The van der Waals surface area contributed by atoms with Gasteiger partial charge in [-0.25, -0.2) is 9.97 Å². The number of para-hydroxylation sites is 2. The highest BCUT2D eigenvalue weighted by Crippen LogP contribution is 2.26. The monoisotopic (exact) mass is 415 g/mol. The topological polar surface area (TPSA) is 92.6 Å². The number of likely N-dealkylation sites (tertiary alicyclic amines) is 1. The Hall–Kier alpha value is -3.55. The third-order valence-corrected chi connectivity index (χ3v) is 5.93. The summed E-state index contributed by atoms with van der Waals surface area (Å²) in [7, 11) is 0. The van der Waals surface area contributed by atoms with Crippen molar-refractivity contribution in [2.75, 3.05) is 13.1 Å². The molecule has 1 N–H and O–H groups in total. The number of amides is 1. The minimum Gasteiger partial charge on any atom is -0.340 e. The van der Waals surface area contributed by atoms with E-state index in [9.17, 15) is 4.79 Å². The Morgan fingerprint density at radius 3 is 2.94 bits per heavy atom. The van der Waals surface area contributed by atoms with E-state index in [-0.39, 0.29) is 11.8 Å². The number of nitrogens with zero attached hydrogens (tertiary/aromatic N) is 6. The molecule has 1 unspecified atom stereocenters. The van der Waals surface area contributed by atoms with Crippen LogP contribution in [0.1, 0.15) is 37.3 Å². The Morgan fingerprint density at radius 2 is 2.10 bits per heavy atom. The number of carbonyl (C=O) groups excluding carboxylic acids is 1. The van der Waals surface area contributed by atoms with Crippen molar-refractivity contribution in [2.24, 2.45) is 0 Å². The van der Waals surface area contributed by atoms with E-state index >= 15 is 0 Å². The largest absolute Gasteiger partial charge is 0.340 e. The first-order chi connectivity index (χ1) is 15.2. The highest BCUT2D eigenvalue weighted by molar-refractivity contribution is 5.81. The molecule has 3 aromatic heterocycles. The first-order valence-corrected chi connectivity index (χ1v) is 10.8. The molecule has 1 saturated heterocycles. The molecule has 1 atom stereocenters. The van der Waals surface area contributed by atoms with Crippen molar-refractivity contribution in [3.63, 3.8) is 0 Å². The maximum absolute atomic E-state index is 13.2. The van der Waals surface area contributed by atoms with Gasteiger partial charge in [0, 0.05) is 43.4 Å². The Labute approximate surface area is 180 Å². The van der Waals surface area contributed by atoms with E-state index in [0.29, 0.717) is 18.9 Å². The molecule has 1 aliphatic heterocycles. The second-order valence-corrected chi connectivity index (χ2v) is 7.92. The number of aryl methyl sites for hydroxylation is 1. The van der Waals surface area contributed by atoms with E-state index < -0.39 is 0 Å². The van der Waals surface area contributed by atoms with Gasteiger partial charge in [-0.2, -0.15) is 5.10 Å². The summed E-state index contributed by atoms with van der Waals surface area (Å²) in [5.74, 6) is 2.69. The Kier molecular flexibility index (Phi) is 5.19. The van der Waals surface area contributed by atoms with Crippen molar-refractivity contribution < 1.29 is 4.79 Å². The van der Waals surface area contributed by atoms with Crippen LogP contribution in [0.25, 0.3) is 22.4 Å². The molecule has 0 bridgehead atoms. The van der Waals surface area contributed by atoms with Gasteiger partial charge in [-0.05, 0) is 37.1 Å². The number of aromatic amines is 1. The van der Waals surface area contributed by atoms with E-state index in [1.54, 1.807) is 12.4 Å². The molecule has 0 radical (unpaired) electrons. The summed E-state index contributed by atoms with van der Waals surface area (Å²) in [6, 6.07) is 11.8. The number of aromatic nitrogens is 6. The Bertz CT molecular complexity index is 1200. The van der Waals surface area contributed by atoms with Gasteiger partial charge < -0.3 is 9.47 Å². The fourth-order valence-electron chi connectivity index (χ4n) is 4.31. The molecule has 1 aliphatic rings. The average molecular weight is 416 g/mol. The van der Waals surface area contributed by atoms with E-state index in [4.69, 9.17) is 0 Å². The molecule has 0 spiro atoms. The predicted octanol–water partition coefficient (Wildman–Crippen LogP) is 3.19. The molecule has 4 heterocycles. The molecule has 8 nitrogen and oxygen atoms in total. The molecule has 31 heavy (non-hydrogen) atoms. The number of fused-ring (bicyclic) bond motifs is 1. The first kappa shape index (κ1) is 19.4. The van der Waals surface area contributed by atoms with Gasteiger partial charge in [0.05, 0.1) is 11.0 Å². The molecule has 5 rings (SSSR count). The van der Waals surface area contributed by atoms with Crippen LogP contribution < -0.4 is 0 Å². The number of benzene rings is 1. The normalized spacial score (nSPS) is 16.7. The zero-order valence-electron chi connectivity index (χ0n) is 17.5. The number of piperidine rings is 1. The van der Waals surface area contributed by atoms with Crippen LogP contribution in [0.5, 0.6) is 0 Å². The summed E-state index contributed by atoms with van der Waals surface area (Å²) in [5.41, 5.74) is 2.83. The number of hydrogen-bond donors (Lipinski definition) is 1. The van der Waals surface area contributed by atoms with Crippen molar-refractivity contribution in [3.05, 3.63) is 60.4 Å². The fraction of sp³-hybridized carbons (Fsp3) is 0.348. The smallest absolute Gasteiger partial charge is 0.242 e. The SMILES string of the molecule is CCc1nc2ccccc2n1CC(=O)N1CCCC(c2nc(-c3cccnc3)n[nH]2)C1. The average Bonchev–Trinajstić information content (AvgIpc) is 3.45. The van der Waals surface area contributed by atoms with Crippen LogP contribution in [-0.4, -0.2) is 53.6 Å². The van der Waals surface area contributed by atoms with Gasteiger partial charge in [-0.15, -0.1) is 0 Å². The second kappa shape index (κ2) is 8.29. The summed E-state index contributed by atoms with van der Waals surface area (Å²) >= 11 is 0. The van der Waals surface area contributed by atoms with Gasteiger partial charge in [-0.1, -0.05) is 19.1 Å². The first-order valence-electron chi connectivity index (χ1n) is 10.8. The lowest BCUT2D eigenvalue weighted by Gasteiger charge is -2.32. The van der Waals surface area contributed by atoms with Crippen molar-refractivity contribution in [1.29, 1.82) is 0 Å². The summed E-state index contributed by atoms with van der Waals surface area (Å²) < 4.78 is 2.05. The Balaban J connectivity index is 1.32. The molecule has 1 fully saturated rings. The zero-order valence-corrected chi connectivity index (χ0v) is 17.5. The van der Waals surface area contributed by atoms with Crippen LogP contribution in [0.4, 0.5) is 0 Å². The third-order valence-electron chi connectivity index (χ3n) is 5.93. The lowest BCUT2D eigenvalue weighted by atomic mass is 9.97. The maximum Gasteiger partial charge on any atom is 0.242 e. The molecule has 4 aromatic rings. The molecular formula is C23H25N7O. The number of nitrogens with one attached hydrogen (secondary N) is 1. The molecule has 0 aliphatic carbocycles. The molecule has 1 aromatic carbocycles. The number of pyridine rings is 1. The predicted molar refractivity (Wildman–Crippen MR) is 117 cm³/mol. The van der Waals surface area contributed by atoms with Crippen LogP contribution in [0.2, 0.25) is 0 Å². The lowest BCUT2D eigenvalue weighted by molar-refractivity contribution is -0.133. The standard InChI is InChI=1S/C23H25N7O/c1-2-20-25-18-9-3-4-10-19(18)30(20)15-21(31)29-12-6-8-17(14-29)23-26-22(27-28-23)16-7-5-11-24-13-16/h3-5,7,9-11,13,17H,2,6,8,12,14-15H2,1H3,(H,26,27,28). The van der Waals surface area contributed by atoms with Crippen LogP contribution in [0.3, 0.4) is 0 Å².